The van der Waals surface area contributed by atoms with E-state index in [0.717, 1.165) is 0 Å². The standard InChI is InChI=1S/C19H35N5O6/c1-5-10(3)15(21)18(29)23-12(7-8-13(20)25)17(28)24-16(11(4)6-2)19(30)22-9-14(26)27/h10-12,15-16H,5-9,21H2,1-4H3,(H2,20,25)(H,22,30)(H,23,29)(H,24,28)(H,26,27)/t10-,11-,12-,15-,16-/m0/s1. The summed E-state index contributed by atoms with van der Waals surface area (Å²) in [6.45, 7) is 6.62. The van der Waals surface area contributed by atoms with Gasteiger partial charge in [0.2, 0.25) is 23.6 Å². The van der Waals surface area contributed by atoms with Gasteiger partial charge < -0.3 is 32.5 Å². The van der Waals surface area contributed by atoms with E-state index in [1.807, 2.05) is 13.8 Å². The predicted octanol–water partition coefficient (Wildman–Crippen LogP) is -1.16. The first kappa shape index (κ1) is 27.3. The molecule has 0 rings (SSSR count). The molecule has 0 saturated heterocycles. The van der Waals surface area contributed by atoms with E-state index in [1.54, 1.807) is 13.8 Å². The summed E-state index contributed by atoms with van der Waals surface area (Å²) in [5.74, 6) is -4.19. The monoisotopic (exact) mass is 429 g/mol. The molecule has 0 spiro atoms. The Hall–Kier alpha value is -2.69. The van der Waals surface area contributed by atoms with Gasteiger partial charge in [-0.05, 0) is 18.3 Å². The van der Waals surface area contributed by atoms with Gasteiger partial charge in [0.1, 0.15) is 18.6 Å². The second-order valence-corrected chi connectivity index (χ2v) is 7.46. The lowest BCUT2D eigenvalue weighted by Crippen LogP contribution is -2.58. The van der Waals surface area contributed by atoms with Gasteiger partial charge in [-0.25, -0.2) is 0 Å². The Morgan fingerprint density at radius 1 is 0.900 bits per heavy atom. The molecule has 0 radical (unpaired) electrons. The van der Waals surface area contributed by atoms with Crippen molar-refractivity contribution in [3.63, 3.8) is 0 Å². The fraction of sp³-hybridized carbons (Fsp3) is 0.737. The van der Waals surface area contributed by atoms with Crippen LogP contribution < -0.4 is 27.4 Å². The molecule has 11 heteroatoms. The van der Waals surface area contributed by atoms with Crippen molar-refractivity contribution in [2.24, 2.45) is 23.3 Å². The third kappa shape index (κ3) is 9.68. The summed E-state index contributed by atoms with van der Waals surface area (Å²) in [6.07, 6.45) is 0.968. The van der Waals surface area contributed by atoms with E-state index < -0.39 is 54.3 Å². The first-order valence-corrected chi connectivity index (χ1v) is 10.1. The predicted molar refractivity (Wildman–Crippen MR) is 110 cm³/mol. The summed E-state index contributed by atoms with van der Waals surface area (Å²) in [5.41, 5.74) is 11.1. The molecule has 0 aliphatic heterocycles. The Labute approximate surface area is 176 Å². The summed E-state index contributed by atoms with van der Waals surface area (Å²) in [6, 6.07) is -2.99. The molecule has 0 unspecified atom stereocenters. The number of rotatable bonds is 14. The zero-order valence-electron chi connectivity index (χ0n) is 18.1. The van der Waals surface area contributed by atoms with Gasteiger partial charge in [0.05, 0.1) is 6.04 Å². The van der Waals surface area contributed by atoms with Crippen molar-refractivity contribution in [1.82, 2.24) is 16.0 Å². The molecule has 0 aromatic carbocycles. The zero-order chi connectivity index (χ0) is 23.4. The summed E-state index contributed by atoms with van der Waals surface area (Å²) >= 11 is 0. The van der Waals surface area contributed by atoms with Crippen molar-refractivity contribution >= 4 is 29.6 Å². The molecule has 4 amide bonds. The molecule has 0 bridgehead atoms. The van der Waals surface area contributed by atoms with Gasteiger partial charge in [-0.2, -0.15) is 0 Å². The molecular formula is C19H35N5O6. The number of amides is 4. The number of aliphatic carboxylic acids is 1. The first-order chi connectivity index (χ1) is 13.9. The molecular weight excluding hydrogens is 394 g/mol. The smallest absolute Gasteiger partial charge is 0.322 e. The van der Waals surface area contributed by atoms with Crippen molar-refractivity contribution in [2.45, 2.75) is 71.5 Å². The number of carbonyl (C=O) groups excluding carboxylic acids is 4. The quantitative estimate of drug-likeness (QED) is 0.200. The summed E-state index contributed by atoms with van der Waals surface area (Å²) in [4.78, 5) is 59.5. The minimum absolute atomic E-state index is 0.0654. The Bertz CT molecular complexity index is 627. The van der Waals surface area contributed by atoms with E-state index in [0.29, 0.717) is 12.8 Å². The van der Waals surface area contributed by atoms with E-state index in [2.05, 4.69) is 16.0 Å². The second-order valence-electron chi connectivity index (χ2n) is 7.46. The van der Waals surface area contributed by atoms with Crippen LogP contribution in [0.25, 0.3) is 0 Å². The first-order valence-electron chi connectivity index (χ1n) is 10.1. The number of nitrogens with one attached hydrogen (secondary N) is 3. The number of nitrogens with two attached hydrogens (primary N) is 2. The van der Waals surface area contributed by atoms with Crippen LogP contribution >= 0.6 is 0 Å². The molecule has 0 aliphatic carbocycles. The normalized spacial score (nSPS) is 15.8. The van der Waals surface area contributed by atoms with Gasteiger partial charge in [-0.15, -0.1) is 0 Å². The number of hydrogen-bond donors (Lipinski definition) is 6. The van der Waals surface area contributed by atoms with Crippen molar-refractivity contribution in [1.29, 1.82) is 0 Å². The van der Waals surface area contributed by atoms with E-state index in [-0.39, 0.29) is 24.7 Å². The van der Waals surface area contributed by atoms with E-state index in [1.165, 1.54) is 0 Å². The van der Waals surface area contributed by atoms with Gasteiger partial charge in [-0.3, -0.25) is 24.0 Å². The number of primary amides is 1. The van der Waals surface area contributed by atoms with Crippen molar-refractivity contribution in [3.05, 3.63) is 0 Å². The summed E-state index contributed by atoms with van der Waals surface area (Å²) in [7, 11) is 0. The van der Waals surface area contributed by atoms with Gasteiger partial charge in [0.25, 0.3) is 0 Å². The van der Waals surface area contributed by atoms with E-state index >= 15 is 0 Å². The molecule has 0 aromatic rings. The maximum absolute atomic E-state index is 12.8. The van der Waals surface area contributed by atoms with E-state index in [9.17, 15) is 24.0 Å². The SMILES string of the molecule is CC[C@H](C)[C@H](N)C(=O)N[C@@H](CCC(N)=O)C(=O)N[C@H](C(=O)NCC(=O)O)[C@@H](C)CC. The second kappa shape index (κ2) is 13.5. The highest BCUT2D eigenvalue weighted by atomic mass is 16.4. The number of carbonyl (C=O) groups is 5. The molecule has 0 heterocycles. The average molecular weight is 430 g/mol. The molecule has 172 valence electrons. The number of carboxylic acids is 1. The topological polar surface area (TPSA) is 194 Å². The Balaban J connectivity index is 5.41. The van der Waals surface area contributed by atoms with Crippen LogP contribution in [0, 0.1) is 11.8 Å². The van der Waals surface area contributed by atoms with Crippen LogP contribution in [0.1, 0.15) is 53.4 Å². The third-order valence-electron chi connectivity index (χ3n) is 5.08. The van der Waals surface area contributed by atoms with Crippen LogP contribution in [0.2, 0.25) is 0 Å². The molecule has 11 nitrogen and oxygen atoms in total. The highest BCUT2D eigenvalue weighted by Crippen LogP contribution is 2.10. The lowest BCUT2D eigenvalue weighted by molar-refractivity contribution is -0.139. The summed E-state index contributed by atoms with van der Waals surface area (Å²) < 4.78 is 0. The maximum Gasteiger partial charge on any atom is 0.322 e. The largest absolute Gasteiger partial charge is 0.480 e. The fourth-order valence-electron chi connectivity index (χ4n) is 2.56. The maximum atomic E-state index is 12.8. The Kier molecular flexibility index (Phi) is 12.3. The number of hydrogen-bond acceptors (Lipinski definition) is 6. The highest BCUT2D eigenvalue weighted by Gasteiger charge is 2.31. The van der Waals surface area contributed by atoms with Crippen LogP contribution in [0.4, 0.5) is 0 Å². The highest BCUT2D eigenvalue weighted by molar-refractivity contribution is 5.94. The van der Waals surface area contributed by atoms with Crippen molar-refractivity contribution < 1.29 is 29.1 Å². The van der Waals surface area contributed by atoms with Gasteiger partial charge in [0, 0.05) is 6.42 Å². The molecule has 8 N–H and O–H groups in total. The Morgan fingerprint density at radius 2 is 1.47 bits per heavy atom. The lowest BCUT2D eigenvalue weighted by Gasteiger charge is -2.27. The van der Waals surface area contributed by atoms with Gasteiger partial charge in [0.15, 0.2) is 0 Å². The van der Waals surface area contributed by atoms with Crippen molar-refractivity contribution in [3.8, 4) is 0 Å². The van der Waals surface area contributed by atoms with E-state index in [4.69, 9.17) is 16.6 Å². The van der Waals surface area contributed by atoms with Crippen LogP contribution in [0.3, 0.4) is 0 Å². The summed E-state index contributed by atoms with van der Waals surface area (Å²) in [5, 5.41) is 16.1. The molecule has 0 saturated carbocycles. The molecule has 0 aliphatic rings. The van der Waals surface area contributed by atoms with Gasteiger partial charge >= 0.3 is 5.97 Å². The molecule has 30 heavy (non-hydrogen) atoms. The van der Waals surface area contributed by atoms with Crippen LogP contribution in [0.5, 0.6) is 0 Å². The minimum atomic E-state index is -1.22. The van der Waals surface area contributed by atoms with Crippen molar-refractivity contribution in [2.75, 3.05) is 6.54 Å². The van der Waals surface area contributed by atoms with Crippen LogP contribution in [-0.2, 0) is 24.0 Å². The molecule has 0 fully saturated rings. The lowest BCUT2D eigenvalue weighted by atomic mass is 9.97. The average Bonchev–Trinajstić information content (AvgIpc) is 2.70. The fourth-order valence-corrected chi connectivity index (χ4v) is 2.56. The molecule has 5 atom stereocenters. The number of carboxylic acid groups (broad SMARTS) is 1. The molecule has 0 aromatic heterocycles. The van der Waals surface area contributed by atoms with Crippen LogP contribution in [-0.4, -0.2) is 59.4 Å². The Morgan fingerprint density at radius 3 is 1.93 bits per heavy atom. The van der Waals surface area contributed by atoms with Gasteiger partial charge in [-0.1, -0.05) is 40.5 Å². The third-order valence-corrected chi connectivity index (χ3v) is 5.08. The van der Waals surface area contributed by atoms with Crippen LogP contribution in [0.15, 0.2) is 0 Å². The minimum Gasteiger partial charge on any atom is -0.480 e. The zero-order valence-corrected chi connectivity index (χ0v) is 18.1.